The van der Waals surface area contributed by atoms with Gasteiger partial charge in [-0.2, -0.15) is 0 Å². The molecule has 0 saturated carbocycles. The van der Waals surface area contributed by atoms with Gasteiger partial charge in [0.25, 0.3) is 0 Å². The molecule has 1 aromatic heterocycles. The maximum atomic E-state index is 10.2. The van der Waals surface area contributed by atoms with Crippen LogP contribution in [0.4, 0.5) is 0 Å². The molecule has 0 aliphatic carbocycles. The first-order valence-electron chi connectivity index (χ1n) is 2.84. The predicted octanol–water partition coefficient (Wildman–Crippen LogP) is 2.29. The van der Waals surface area contributed by atoms with Gasteiger partial charge >= 0.3 is 0 Å². The average molecular weight is 281 g/mol. The molecule has 0 amide bonds. The van der Waals surface area contributed by atoms with Crippen molar-refractivity contribution >= 4 is 39.2 Å². The third kappa shape index (κ3) is 3.12. The minimum Gasteiger partial charge on any atom is -0.302 e. The summed E-state index contributed by atoms with van der Waals surface area (Å²) in [6, 6.07) is 3.60. The molecule has 4 heteroatoms. The number of pyridine rings is 1. The van der Waals surface area contributed by atoms with Crippen molar-refractivity contribution in [2.45, 2.75) is 4.83 Å². The third-order valence-electron chi connectivity index (χ3n) is 1.14. The van der Waals surface area contributed by atoms with Gasteiger partial charge in [0, 0.05) is 12.4 Å². The van der Waals surface area contributed by atoms with E-state index in [1.807, 2.05) is 0 Å². The van der Waals surface area contributed by atoms with E-state index in [4.69, 9.17) is 0 Å². The molecule has 1 atom stereocenters. The molecule has 0 unspecified atom stereocenters. The van der Waals surface area contributed by atoms with Crippen LogP contribution in [-0.4, -0.2) is 11.3 Å². The number of hydrogen-bond donors (Lipinski definition) is 0. The molecule has 1 heterocycles. The Hall–Kier alpha value is -0.220. The van der Waals surface area contributed by atoms with E-state index in [-0.39, 0.29) is 21.8 Å². The van der Waals surface area contributed by atoms with E-state index in [9.17, 15) is 4.79 Å². The first-order valence-corrected chi connectivity index (χ1v) is 3.75. The Labute approximate surface area is 83.9 Å². The number of hydrogen-bond acceptors (Lipinski definition) is 2. The third-order valence-corrected chi connectivity index (χ3v) is 1.89. The normalized spacial score (nSPS) is 11.4. The second-order valence-electron chi connectivity index (χ2n) is 1.82. The quantitative estimate of drug-likeness (QED) is 0.615. The maximum Gasteiger partial charge on any atom is 0.138 e. The topological polar surface area (TPSA) is 30.0 Å². The van der Waals surface area contributed by atoms with E-state index in [1.54, 1.807) is 24.5 Å². The molecule has 0 saturated heterocycles. The summed E-state index contributed by atoms with van der Waals surface area (Å²) in [5, 5.41) is 0. The summed E-state index contributed by atoms with van der Waals surface area (Å²) >= 11 is 3.19. The van der Waals surface area contributed by atoms with Crippen LogP contribution in [0.3, 0.4) is 0 Å². The maximum absolute atomic E-state index is 10.2. The Kier molecular flexibility index (Phi) is 5.32. The van der Waals surface area contributed by atoms with Gasteiger partial charge in [0.05, 0.1) is 4.83 Å². The van der Waals surface area contributed by atoms with Gasteiger partial charge in [0.1, 0.15) is 6.29 Å². The van der Waals surface area contributed by atoms with E-state index < -0.39 is 0 Å². The van der Waals surface area contributed by atoms with E-state index in [0.29, 0.717) is 0 Å². The number of aromatic nitrogens is 1. The summed E-state index contributed by atoms with van der Waals surface area (Å²) in [6.07, 6.45) is 4.16. The van der Waals surface area contributed by atoms with Crippen molar-refractivity contribution in [3.63, 3.8) is 0 Å². The molecule has 2 nitrogen and oxygen atoms in total. The molecule has 0 bridgehead atoms. The number of alkyl halides is 1. The number of aldehydes is 1. The van der Waals surface area contributed by atoms with Gasteiger partial charge in [-0.1, -0.05) is 15.9 Å². The Morgan fingerprint density at radius 3 is 2.45 bits per heavy atom. The van der Waals surface area contributed by atoms with Crippen LogP contribution in [0.25, 0.3) is 0 Å². The number of carbonyl (C=O) groups excluding carboxylic acids is 1. The van der Waals surface area contributed by atoms with Gasteiger partial charge in [-0.25, -0.2) is 0 Å². The summed E-state index contributed by atoms with van der Waals surface area (Å²) in [5.74, 6) is 0. The smallest absolute Gasteiger partial charge is 0.138 e. The Bertz CT molecular complexity index is 215. The molecule has 60 valence electrons. The molecule has 0 aliphatic rings. The summed E-state index contributed by atoms with van der Waals surface area (Å²) in [7, 11) is 0. The predicted molar refractivity (Wildman–Crippen MR) is 52.3 cm³/mol. The fraction of sp³-hybridized carbons (Fsp3) is 0.143. The average Bonchev–Trinajstić information content (AvgIpc) is 2.05. The van der Waals surface area contributed by atoms with Crippen molar-refractivity contribution in [1.82, 2.24) is 4.98 Å². The van der Waals surface area contributed by atoms with Gasteiger partial charge in [0.15, 0.2) is 0 Å². The molecule has 0 fully saturated rings. The Morgan fingerprint density at radius 1 is 1.45 bits per heavy atom. The van der Waals surface area contributed by atoms with Crippen molar-refractivity contribution in [3.05, 3.63) is 30.1 Å². The van der Waals surface area contributed by atoms with Crippen LogP contribution in [0, 0.1) is 0 Å². The minimum atomic E-state index is -0.199. The highest BCUT2D eigenvalue weighted by atomic mass is 79.9. The zero-order chi connectivity index (χ0) is 7.40. The molecule has 0 N–H and O–H groups in total. The molecule has 11 heavy (non-hydrogen) atoms. The fourth-order valence-corrected chi connectivity index (χ4v) is 0.931. The van der Waals surface area contributed by atoms with Crippen molar-refractivity contribution in [1.29, 1.82) is 0 Å². The van der Waals surface area contributed by atoms with Gasteiger partial charge in [-0.05, 0) is 17.7 Å². The summed E-state index contributed by atoms with van der Waals surface area (Å²) < 4.78 is 0. The van der Waals surface area contributed by atoms with Crippen LogP contribution in [-0.2, 0) is 4.79 Å². The molecule has 0 spiro atoms. The standard InChI is InChI=1S/C7H6BrNO.BrH/c8-7(5-10)6-1-3-9-4-2-6;/h1-5,7H;1H/t7-;/m1./s1. The minimum absolute atomic E-state index is 0. The van der Waals surface area contributed by atoms with E-state index in [1.165, 1.54) is 0 Å². The van der Waals surface area contributed by atoms with Crippen molar-refractivity contribution in [2.75, 3.05) is 0 Å². The lowest BCUT2D eigenvalue weighted by Gasteiger charge is -1.98. The van der Waals surface area contributed by atoms with Crippen LogP contribution in [0.15, 0.2) is 24.5 Å². The van der Waals surface area contributed by atoms with Gasteiger partial charge in [-0.3, -0.25) is 4.98 Å². The number of rotatable bonds is 2. The first kappa shape index (κ1) is 10.8. The second kappa shape index (κ2) is 5.43. The highest BCUT2D eigenvalue weighted by Gasteiger charge is 2.02. The largest absolute Gasteiger partial charge is 0.302 e. The van der Waals surface area contributed by atoms with E-state index in [0.717, 1.165) is 11.8 Å². The lowest BCUT2D eigenvalue weighted by atomic mass is 10.2. The van der Waals surface area contributed by atoms with E-state index in [2.05, 4.69) is 20.9 Å². The van der Waals surface area contributed by atoms with Gasteiger partial charge in [-0.15, -0.1) is 17.0 Å². The lowest BCUT2D eigenvalue weighted by molar-refractivity contribution is -0.107. The first-order chi connectivity index (χ1) is 4.84. The van der Waals surface area contributed by atoms with Crippen LogP contribution in [0.1, 0.15) is 10.4 Å². The van der Waals surface area contributed by atoms with Gasteiger partial charge in [0.2, 0.25) is 0 Å². The molecule has 0 radical (unpaired) electrons. The lowest BCUT2D eigenvalue weighted by Crippen LogP contribution is -1.89. The molecule has 0 aliphatic heterocycles. The zero-order valence-electron chi connectivity index (χ0n) is 5.61. The Morgan fingerprint density at radius 2 is 2.00 bits per heavy atom. The number of nitrogens with zero attached hydrogens (tertiary/aromatic N) is 1. The second-order valence-corrected chi connectivity index (χ2v) is 2.80. The van der Waals surface area contributed by atoms with Gasteiger partial charge < -0.3 is 4.79 Å². The van der Waals surface area contributed by atoms with Crippen molar-refractivity contribution < 1.29 is 4.79 Å². The summed E-state index contributed by atoms with van der Waals surface area (Å²) in [6.45, 7) is 0. The van der Waals surface area contributed by atoms with Crippen LogP contribution >= 0.6 is 32.9 Å². The molecular weight excluding hydrogens is 274 g/mol. The van der Waals surface area contributed by atoms with Crippen molar-refractivity contribution in [3.8, 4) is 0 Å². The molecule has 1 rings (SSSR count). The summed E-state index contributed by atoms with van der Waals surface area (Å²) in [5.41, 5.74) is 0.935. The SMILES string of the molecule is Br.O=C[C@@H](Br)c1ccncc1. The molecular formula is C7H7Br2NO. The van der Waals surface area contributed by atoms with E-state index >= 15 is 0 Å². The summed E-state index contributed by atoms with van der Waals surface area (Å²) in [4.78, 5) is 13.9. The highest BCUT2D eigenvalue weighted by molar-refractivity contribution is 9.09. The van der Waals surface area contributed by atoms with Crippen LogP contribution in [0.2, 0.25) is 0 Å². The number of carbonyl (C=O) groups is 1. The molecule has 0 aromatic carbocycles. The zero-order valence-corrected chi connectivity index (χ0v) is 8.90. The highest BCUT2D eigenvalue weighted by Crippen LogP contribution is 2.17. The Balaban J connectivity index is 0.000001000. The number of halogens is 2. The fourth-order valence-electron chi connectivity index (χ4n) is 0.626. The van der Waals surface area contributed by atoms with Crippen LogP contribution < -0.4 is 0 Å². The monoisotopic (exact) mass is 279 g/mol. The van der Waals surface area contributed by atoms with Crippen molar-refractivity contribution in [2.24, 2.45) is 0 Å². The molecule has 1 aromatic rings. The van der Waals surface area contributed by atoms with Crippen LogP contribution in [0.5, 0.6) is 0 Å².